The molecule has 2 unspecified atom stereocenters. The van der Waals surface area contributed by atoms with Crippen LogP contribution in [0.15, 0.2) is 0 Å². The summed E-state index contributed by atoms with van der Waals surface area (Å²) in [4.78, 5) is 35.0. The Labute approximate surface area is 125 Å². The van der Waals surface area contributed by atoms with Gasteiger partial charge in [0.2, 0.25) is 0 Å². The maximum Gasteiger partial charge on any atom is 0.490 e. The molecule has 0 bridgehead atoms. The van der Waals surface area contributed by atoms with Gasteiger partial charge in [-0.25, -0.2) is 13.7 Å². The molecule has 0 aromatic heterocycles. The third-order valence-corrected chi connectivity index (χ3v) is 6.44. The Kier molecular flexibility index (Phi) is 6.19. The van der Waals surface area contributed by atoms with Crippen molar-refractivity contribution in [2.45, 2.75) is 38.1 Å². The van der Waals surface area contributed by atoms with E-state index < -0.39 is 41.8 Å². The zero-order chi connectivity index (χ0) is 17.4. The summed E-state index contributed by atoms with van der Waals surface area (Å²) < 4.78 is 49.9. The molecule has 1 aliphatic rings. The van der Waals surface area contributed by atoms with Crippen LogP contribution in [-0.4, -0.2) is 49.1 Å². The van der Waals surface area contributed by atoms with E-state index in [0.29, 0.717) is 0 Å². The molecule has 1 aliphatic heterocycles. The van der Waals surface area contributed by atoms with Crippen LogP contribution in [0.1, 0.15) is 20.3 Å². The third kappa shape index (κ3) is 6.45. The van der Waals surface area contributed by atoms with Crippen molar-refractivity contribution in [1.29, 1.82) is 0 Å². The van der Waals surface area contributed by atoms with Gasteiger partial charge in [-0.1, -0.05) is 0 Å². The fourth-order valence-corrected chi connectivity index (χ4v) is 4.91. The first kappa shape index (κ1) is 20.4. The molecule has 22 heavy (non-hydrogen) atoms. The normalized spacial score (nSPS) is 35.0. The highest BCUT2D eigenvalue weighted by Crippen LogP contribution is 2.66. The van der Waals surface area contributed by atoms with Gasteiger partial charge in [-0.2, -0.15) is 8.62 Å². The largest absolute Gasteiger partial charge is 0.490 e. The smallest absolute Gasteiger partial charge is 0.390 e. The van der Waals surface area contributed by atoms with Crippen LogP contribution >= 0.6 is 23.5 Å². The van der Waals surface area contributed by atoms with E-state index in [1.165, 1.54) is 6.92 Å². The number of aliphatic hydroxyl groups is 1. The van der Waals surface area contributed by atoms with E-state index in [1.807, 2.05) is 0 Å². The van der Waals surface area contributed by atoms with E-state index in [-0.39, 0.29) is 12.5 Å². The molecule has 0 spiro atoms. The first-order valence-electron chi connectivity index (χ1n) is 5.78. The average Bonchev–Trinajstić information content (AvgIpc) is 2.45. The first-order chi connectivity index (χ1) is 9.64. The Morgan fingerprint density at radius 1 is 1.14 bits per heavy atom. The maximum absolute atomic E-state index is 11.5. The monoisotopic (exact) mass is 386 g/mol. The molecule has 0 aromatic carbocycles. The summed E-state index contributed by atoms with van der Waals surface area (Å²) in [6.07, 6.45) is -1.12. The van der Waals surface area contributed by atoms with Gasteiger partial charge in [0.25, 0.3) is 0 Å². The molecule has 12 nitrogen and oxygen atoms in total. The van der Waals surface area contributed by atoms with Crippen LogP contribution in [0.2, 0.25) is 0 Å². The molecule has 1 saturated heterocycles. The molecule has 0 radical (unpaired) electrons. The number of hydrogen-bond acceptors (Lipinski definition) is 8. The van der Waals surface area contributed by atoms with Gasteiger partial charge < -0.3 is 29.4 Å². The predicted molar refractivity (Wildman–Crippen MR) is 69.4 cm³/mol. The Morgan fingerprint density at radius 3 is 2.09 bits per heavy atom. The molecule has 1 rings (SSSR count). The second-order valence-electron chi connectivity index (χ2n) is 4.86. The summed E-state index contributed by atoms with van der Waals surface area (Å²) in [6.45, 7) is 2.35. The van der Waals surface area contributed by atoms with E-state index >= 15 is 0 Å². The van der Waals surface area contributed by atoms with Crippen LogP contribution in [0.5, 0.6) is 0 Å². The van der Waals surface area contributed by atoms with E-state index in [4.69, 9.17) is 19.4 Å². The lowest BCUT2D eigenvalue weighted by Gasteiger charge is -2.28. The second-order valence-corrected chi connectivity index (χ2v) is 9.28. The fraction of sp³-hybridized carbons (Fsp3) is 1.00. The zero-order valence-corrected chi connectivity index (χ0v) is 14.2. The van der Waals surface area contributed by atoms with Crippen LogP contribution in [0.3, 0.4) is 0 Å². The quantitative estimate of drug-likeness (QED) is 0.376. The molecule has 1 fully saturated rings. The number of phosphoric acid groups is 3. The average molecular weight is 386 g/mol. The molecular weight excluding hydrogens is 369 g/mol. The lowest BCUT2D eigenvalue weighted by Crippen LogP contribution is -2.40. The van der Waals surface area contributed by atoms with Gasteiger partial charge in [-0.15, -0.1) is 0 Å². The summed E-state index contributed by atoms with van der Waals surface area (Å²) >= 11 is 0. The number of phosphoric ester groups is 1. The molecule has 5 N–H and O–H groups in total. The van der Waals surface area contributed by atoms with Gasteiger partial charge >= 0.3 is 23.5 Å². The van der Waals surface area contributed by atoms with Crippen molar-refractivity contribution in [2.24, 2.45) is 0 Å². The molecule has 0 aromatic rings. The molecule has 1 heterocycles. The Hall–Kier alpha value is 0.330. The number of hydrogen-bond donors (Lipinski definition) is 5. The van der Waals surface area contributed by atoms with E-state index in [9.17, 15) is 23.7 Å². The van der Waals surface area contributed by atoms with Gasteiger partial charge in [-0.3, -0.25) is 4.52 Å². The molecule has 0 saturated carbocycles. The Morgan fingerprint density at radius 2 is 1.68 bits per heavy atom. The lowest BCUT2D eigenvalue weighted by atomic mass is 10.0. The number of ether oxygens (including phenoxy) is 1. The minimum absolute atomic E-state index is 0.246. The highest BCUT2D eigenvalue weighted by Gasteiger charge is 2.46. The lowest BCUT2D eigenvalue weighted by molar-refractivity contribution is -0.0926. The SMILES string of the molecule is C[C@H]1C[C@@H](O)[C@@](C)(COP(=O)(O)OP(=O)(O)OP(=O)(O)O)O1. The Balaban J connectivity index is 2.67. The topological polar surface area (TPSA) is 189 Å². The van der Waals surface area contributed by atoms with E-state index in [0.717, 1.165) is 0 Å². The molecule has 132 valence electrons. The standard InChI is InChI=1S/C7H17O12P3/c1-5-3-6(8)7(2,17-5)4-16-21(12,13)19-22(14,15)18-20(9,10)11/h5-6,8H,3-4H2,1-2H3,(H,12,13)(H,14,15)(H2,9,10,11)/t5-,6+,7+/m0/s1. The number of aliphatic hydroxyl groups excluding tert-OH is 1. The Bertz CT molecular complexity index is 543. The predicted octanol–water partition coefficient (Wildman–Crippen LogP) is 0.258. The zero-order valence-electron chi connectivity index (χ0n) is 11.5. The minimum atomic E-state index is -5.55. The third-order valence-electron chi connectivity index (χ3n) is 2.66. The molecule has 15 heteroatoms. The van der Waals surface area contributed by atoms with E-state index in [1.54, 1.807) is 6.92 Å². The van der Waals surface area contributed by atoms with E-state index in [2.05, 4.69) is 13.1 Å². The summed E-state index contributed by atoms with van der Waals surface area (Å²) in [6, 6.07) is 0. The number of rotatable bonds is 7. The maximum atomic E-state index is 11.5. The van der Waals surface area contributed by atoms with Crippen LogP contribution in [0.4, 0.5) is 0 Å². The van der Waals surface area contributed by atoms with Crippen LogP contribution in [0, 0.1) is 0 Å². The van der Waals surface area contributed by atoms with Crippen molar-refractivity contribution in [3.63, 3.8) is 0 Å². The first-order valence-corrected chi connectivity index (χ1v) is 10.3. The van der Waals surface area contributed by atoms with Crippen molar-refractivity contribution in [3.05, 3.63) is 0 Å². The minimum Gasteiger partial charge on any atom is -0.390 e. The molecule has 0 aliphatic carbocycles. The van der Waals surface area contributed by atoms with Crippen LogP contribution in [-0.2, 0) is 31.6 Å². The summed E-state index contributed by atoms with van der Waals surface area (Å²) in [5.74, 6) is 0. The molecule has 0 amide bonds. The van der Waals surface area contributed by atoms with Crippen molar-refractivity contribution in [2.75, 3.05) is 6.61 Å². The van der Waals surface area contributed by atoms with Crippen LogP contribution < -0.4 is 0 Å². The van der Waals surface area contributed by atoms with Gasteiger partial charge in [-0.05, 0) is 13.8 Å². The molecule has 5 atom stereocenters. The van der Waals surface area contributed by atoms with Crippen molar-refractivity contribution < 1.29 is 56.3 Å². The summed E-state index contributed by atoms with van der Waals surface area (Å²) in [7, 11) is -16.2. The second kappa shape index (κ2) is 6.68. The fourth-order valence-electron chi connectivity index (χ4n) is 1.79. The molecular formula is C7H17O12P3. The highest BCUT2D eigenvalue weighted by atomic mass is 31.3. The van der Waals surface area contributed by atoms with Crippen molar-refractivity contribution >= 4 is 23.5 Å². The van der Waals surface area contributed by atoms with Crippen molar-refractivity contribution in [3.8, 4) is 0 Å². The van der Waals surface area contributed by atoms with Gasteiger partial charge in [0.1, 0.15) is 5.60 Å². The van der Waals surface area contributed by atoms with Crippen molar-refractivity contribution in [1.82, 2.24) is 0 Å². The highest BCUT2D eigenvalue weighted by molar-refractivity contribution is 7.66. The van der Waals surface area contributed by atoms with Gasteiger partial charge in [0, 0.05) is 6.42 Å². The summed E-state index contributed by atoms with van der Waals surface area (Å²) in [5.41, 5.74) is -1.36. The van der Waals surface area contributed by atoms with Gasteiger partial charge in [0.05, 0.1) is 18.8 Å². The van der Waals surface area contributed by atoms with Crippen LogP contribution in [0.25, 0.3) is 0 Å². The van der Waals surface area contributed by atoms with Gasteiger partial charge in [0.15, 0.2) is 0 Å². The summed E-state index contributed by atoms with van der Waals surface area (Å²) in [5, 5.41) is 9.75.